The zero-order valence-electron chi connectivity index (χ0n) is 14.1. The number of sulfonamides is 1. The lowest BCUT2D eigenvalue weighted by Crippen LogP contribution is -2.48. The predicted molar refractivity (Wildman–Crippen MR) is 87.5 cm³/mol. The molecular weight excluding hydrogens is 318 g/mol. The van der Waals surface area contributed by atoms with Crippen LogP contribution in [0.2, 0.25) is 0 Å². The number of hydrogen-bond donors (Lipinski definition) is 0. The van der Waals surface area contributed by atoms with Gasteiger partial charge in [-0.25, -0.2) is 8.42 Å². The quantitative estimate of drug-likeness (QED) is 0.793. The van der Waals surface area contributed by atoms with Gasteiger partial charge in [0, 0.05) is 19.2 Å². The van der Waals surface area contributed by atoms with Crippen molar-refractivity contribution in [2.24, 2.45) is 0 Å². The summed E-state index contributed by atoms with van der Waals surface area (Å²) in [5, 5.41) is 0. The number of nitrogens with zero attached hydrogens (tertiary/aromatic N) is 1. The van der Waals surface area contributed by atoms with Crippen LogP contribution >= 0.6 is 0 Å². The fourth-order valence-corrected chi connectivity index (χ4v) is 4.42. The molecule has 0 saturated carbocycles. The maximum absolute atomic E-state index is 13.1. The zero-order valence-corrected chi connectivity index (χ0v) is 14.9. The van der Waals surface area contributed by atoms with Crippen LogP contribution in [0.25, 0.3) is 0 Å². The summed E-state index contributed by atoms with van der Waals surface area (Å²) in [5.74, 6) is 0.867. The van der Waals surface area contributed by atoms with Crippen molar-refractivity contribution in [2.75, 3.05) is 26.3 Å². The van der Waals surface area contributed by atoms with Crippen molar-refractivity contribution in [3.8, 4) is 11.5 Å². The van der Waals surface area contributed by atoms with E-state index < -0.39 is 10.0 Å². The topological polar surface area (TPSA) is 65.1 Å². The van der Waals surface area contributed by atoms with Gasteiger partial charge in [0.2, 0.25) is 10.0 Å². The van der Waals surface area contributed by atoms with E-state index in [1.807, 2.05) is 27.7 Å². The van der Waals surface area contributed by atoms with Gasteiger partial charge in [0.25, 0.3) is 0 Å². The molecule has 0 unspecified atom stereocenters. The fourth-order valence-electron chi connectivity index (χ4n) is 2.69. The van der Waals surface area contributed by atoms with Crippen LogP contribution in [0.4, 0.5) is 0 Å². The first-order valence-corrected chi connectivity index (χ1v) is 9.37. The average Bonchev–Trinajstić information content (AvgIpc) is 2.48. The number of benzene rings is 1. The molecule has 1 aliphatic heterocycles. The van der Waals surface area contributed by atoms with Crippen molar-refractivity contribution in [3.63, 3.8) is 0 Å². The molecule has 1 aromatic rings. The van der Waals surface area contributed by atoms with E-state index in [0.29, 0.717) is 37.8 Å². The molecular formula is C16H25NO5S. The summed E-state index contributed by atoms with van der Waals surface area (Å²) in [6, 6.07) is 4.90. The van der Waals surface area contributed by atoms with Crippen LogP contribution in [0.3, 0.4) is 0 Å². The van der Waals surface area contributed by atoms with Crippen LogP contribution in [0.15, 0.2) is 23.1 Å². The largest absolute Gasteiger partial charge is 0.494 e. The maximum atomic E-state index is 13.1. The van der Waals surface area contributed by atoms with Crippen LogP contribution in [0.1, 0.15) is 27.7 Å². The van der Waals surface area contributed by atoms with Gasteiger partial charge in [0.1, 0.15) is 16.4 Å². The van der Waals surface area contributed by atoms with Crippen LogP contribution in [-0.2, 0) is 14.8 Å². The fraction of sp³-hybridized carbons (Fsp3) is 0.625. The summed E-state index contributed by atoms with van der Waals surface area (Å²) in [7, 11) is -3.67. The van der Waals surface area contributed by atoms with Crippen LogP contribution in [0, 0.1) is 0 Å². The number of ether oxygens (including phenoxy) is 3. The van der Waals surface area contributed by atoms with Gasteiger partial charge >= 0.3 is 0 Å². The molecule has 0 radical (unpaired) electrons. The average molecular weight is 343 g/mol. The van der Waals surface area contributed by atoms with E-state index in [1.54, 1.807) is 12.1 Å². The smallest absolute Gasteiger partial charge is 0.247 e. The number of morpholine rings is 1. The molecule has 0 spiro atoms. The first-order valence-electron chi connectivity index (χ1n) is 7.93. The zero-order chi connectivity index (χ0) is 17.0. The van der Waals surface area contributed by atoms with Crippen molar-refractivity contribution >= 4 is 10.0 Å². The van der Waals surface area contributed by atoms with Crippen molar-refractivity contribution in [2.45, 2.75) is 44.8 Å². The van der Waals surface area contributed by atoms with E-state index in [1.165, 1.54) is 10.4 Å². The van der Waals surface area contributed by atoms with Crippen LogP contribution < -0.4 is 9.47 Å². The third kappa shape index (κ3) is 4.16. The lowest BCUT2D eigenvalue weighted by molar-refractivity contribution is -0.0441. The molecule has 0 aromatic heterocycles. The van der Waals surface area contributed by atoms with E-state index in [-0.39, 0.29) is 17.1 Å². The second kappa shape index (κ2) is 7.51. The Bertz CT molecular complexity index is 621. The van der Waals surface area contributed by atoms with Gasteiger partial charge in [0.05, 0.1) is 25.4 Å². The third-order valence-electron chi connectivity index (χ3n) is 3.53. The Labute approximate surface area is 138 Å². The molecule has 23 heavy (non-hydrogen) atoms. The highest BCUT2D eigenvalue weighted by Gasteiger charge is 2.34. The minimum atomic E-state index is -3.67. The Balaban J connectivity index is 2.41. The van der Waals surface area contributed by atoms with Gasteiger partial charge < -0.3 is 14.2 Å². The van der Waals surface area contributed by atoms with Crippen LogP contribution in [0.5, 0.6) is 11.5 Å². The Kier molecular flexibility index (Phi) is 5.89. The first kappa shape index (κ1) is 18.0. The molecule has 1 aromatic carbocycles. The molecule has 0 amide bonds. The molecule has 2 atom stereocenters. The molecule has 0 N–H and O–H groups in total. The van der Waals surface area contributed by atoms with Crippen molar-refractivity contribution in [1.29, 1.82) is 0 Å². The van der Waals surface area contributed by atoms with Crippen molar-refractivity contribution in [1.82, 2.24) is 4.31 Å². The number of rotatable bonds is 6. The standard InChI is InChI=1S/C16H25NO5S/c1-5-20-14-7-8-15(21-6-2)16(9-14)23(18,19)17-10-12(3)22-13(4)11-17/h7-9,12-13H,5-6,10-11H2,1-4H3/t12-,13-/m1/s1. The molecule has 7 heteroatoms. The van der Waals surface area contributed by atoms with E-state index in [0.717, 1.165) is 0 Å². The Morgan fingerprint density at radius 1 is 1.13 bits per heavy atom. The minimum Gasteiger partial charge on any atom is -0.494 e. The van der Waals surface area contributed by atoms with Gasteiger partial charge in [-0.1, -0.05) is 0 Å². The first-order chi connectivity index (χ1) is 10.9. The van der Waals surface area contributed by atoms with E-state index >= 15 is 0 Å². The maximum Gasteiger partial charge on any atom is 0.247 e. The van der Waals surface area contributed by atoms with Crippen molar-refractivity contribution in [3.05, 3.63) is 18.2 Å². The number of hydrogen-bond acceptors (Lipinski definition) is 5. The monoisotopic (exact) mass is 343 g/mol. The molecule has 1 fully saturated rings. The summed E-state index contributed by atoms with van der Waals surface area (Å²) in [5.41, 5.74) is 0. The van der Waals surface area contributed by atoms with Gasteiger partial charge in [0.15, 0.2) is 0 Å². The Hall–Kier alpha value is -1.31. The van der Waals surface area contributed by atoms with Gasteiger partial charge in [-0.15, -0.1) is 0 Å². The highest BCUT2D eigenvalue weighted by molar-refractivity contribution is 7.89. The Morgan fingerprint density at radius 3 is 2.30 bits per heavy atom. The molecule has 6 nitrogen and oxygen atoms in total. The minimum absolute atomic E-state index is 0.140. The molecule has 0 aliphatic carbocycles. The summed E-state index contributed by atoms with van der Waals surface area (Å²) in [6.07, 6.45) is -0.279. The summed E-state index contributed by atoms with van der Waals surface area (Å²) < 4.78 is 44.2. The molecule has 1 aliphatic rings. The van der Waals surface area contributed by atoms with E-state index in [9.17, 15) is 8.42 Å². The summed E-state index contributed by atoms with van der Waals surface area (Å²) in [6.45, 7) is 8.96. The molecule has 1 saturated heterocycles. The van der Waals surface area contributed by atoms with E-state index in [2.05, 4.69) is 0 Å². The second-order valence-electron chi connectivity index (χ2n) is 5.55. The summed E-state index contributed by atoms with van der Waals surface area (Å²) >= 11 is 0. The SMILES string of the molecule is CCOc1ccc(OCC)c(S(=O)(=O)N2C[C@@H](C)O[C@H](C)C2)c1. The van der Waals surface area contributed by atoms with Crippen molar-refractivity contribution < 1.29 is 22.6 Å². The van der Waals surface area contributed by atoms with E-state index in [4.69, 9.17) is 14.2 Å². The molecule has 0 bridgehead atoms. The molecule has 2 rings (SSSR count). The Morgan fingerprint density at radius 2 is 1.74 bits per heavy atom. The third-order valence-corrected chi connectivity index (χ3v) is 5.38. The molecule has 1 heterocycles. The molecule has 130 valence electrons. The van der Waals surface area contributed by atoms with Gasteiger partial charge in [-0.2, -0.15) is 4.31 Å². The highest BCUT2D eigenvalue weighted by Crippen LogP contribution is 2.32. The predicted octanol–water partition coefficient (Wildman–Crippen LogP) is 2.28. The second-order valence-corrected chi connectivity index (χ2v) is 7.46. The van der Waals surface area contributed by atoms with Gasteiger partial charge in [-0.3, -0.25) is 0 Å². The van der Waals surface area contributed by atoms with Gasteiger partial charge in [-0.05, 0) is 39.8 Å². The normalized spacial score (nSPS) is 22.8. The lowest BCUT2D eigenvalue weighted by atomic mass is 10.3. The lowest BCUT2D eigenvalue weighted by Gasteiger charge is -2.34. The highest BCUT2D eigenvalue weighted by atomic mass is 32.2. The van der Waals surface area contributed by atoms with Crippen LogP contribution in [-0.4, -0.2) is 51.2 Å². The summed E-state index contributed by atoms with van der Waals surface area (Å²) in [4.78, 5) is 0.145.